The summed E-state index contributed by atoms with van der Waals surface area (Å²) in [6.07, 6.45) is 1.86. The van der Waals surface area contributed by atoms with Gasteiger partial charge in [0.2, 0.25) is 0 Å². The summed E-state index contributed by atoms with van der Waals surface area (Å²) in [6, 6.07) is 16.8. The standard InChI is InChI=1S/C25H30N2O3/c1-25(2,3)30-24(29)27-14-12-26(13-15-27)23-21-10-5-4-8-18(21)16-19(17-28)20-9-6-7-11-22(20)23/h4-11,16,23,28H,12-15,17H2,1-3H3. The van der Waals surface area contributed by atoms with E-state index in [1.165, 1.54) is 11.1 Å². The average Bonchev–Trinajstić information content (AvgIpc) is 2.87. The number of hydrogen-bond donors (Lipinski definition) is 1. The Hall–Kier alpha value is -2.63. The number of amides is 1. The van der Waals surface area contributed by atoms with Crippen molar-refractivity contribution in [2.24, 2.45) is 0 Å². The molecule has 1 heterocycles. The van der Waals surface area contributed by atoms with Crippen molar-refractivity contribution in [3.05, 3.63) is 70.8 Å². The monoisotopic (exact) mass is 406 g/mol. The number of piperazine rings is 1. The van der Waals surface area contributed by atoms with E-state index in [-0.39, 0.29) is 18.7 Å². The van der Waals surface area contributed by atoms with Gasteiger partial charge in [-0.05, 0) is 54.7 Å². The number of ether oxygens (including phenoxy) is 1. The van der Waals surface area contributed by atoms with Gasteiger partial charge in [0.05, 0.1) is 12.6 Å². The summed E-state index contributed by atoms with van der Waals surface area (Å²) in [6.45, 7) is 8.49. The van der Waals surface area contributed by atoms with Crippen LogP contribution in [0.1, 0.15) is 49.1 Å². The molecule has 0 saturated carbocycles. The zero-order valence-electron chi connectivity index (χ0n) is 18.0. The van der Waals surface area contributed by atoms with Crippen molar-refractivity contribution in [2.75, 3.05) is 32.8 Å². The molecule has 0 radical (unpaired) electrons. The zero-order valence-corrected chi connectivity index (χ0v) is 18.0. The van der Waals surface area contributed by atoms with E-state index >= 15 is 0 Å². The summed E-state index contributed by atoms with van der Waals surface area (Å²) in [4.78, 5) is 16.7. The molecule has 1 amide bonds. The van der Waals surface area contributed by atoms with E-state index in [9.17, 15) is 9.90 Å². The molecule has 5 nitrogen and oxygen atoms in total. The van der Waals surface area contributed by atoms with Crippen LogP contribution >= 0.6 is 0 Å². The Morgan fingerprint density at radius 3 is 2.30 bits per heavy atom. The Labute approximate surface area is 178 Å². The van der Waals surface area contributed by atoms with E-state index in [2.05, 4.69) is 47.4 Å². The lowest BCUT2D eigenvalue weighted by atomic mass is 9.91. The maximum Gasteiger partial charge on any atom is 0.410 e. The highest BCUT2D eigenvalue weighted by Gasteiger charge is 2.33. The number of benzene rings is 2. The first kappa shape index (κ1) is 20.6. The Kier molecular flexibility index (Phi) is 5.67. The molecule has 2 aromatic rings. The van der Waals surface area contributed by atoms with Crippen LogP contribution in [0, 0.1) is 0 Å². The molecule has 1 unspecified atom stereocenters. The lowest BCUT2D eigenvalue weighted by molar-refractivity contribution is 0.0119. The number of rotatable bonds is 2. The van der Waals surface area contributed by atoms with E-state index in [1.54, 1.807) is 4.90 Å². The first-order valence-electron chi connectivity index (χ1n) is 10.6. The number of carbonyl (C=O) groups excluding carboxylic acids is 1. The fourth-order valence-electron chi connectivity index (χ4n) is 4.37. The number of nitrogens with zero attached hydrogens (tertiary/aromatic N) is 2. The van der Waals surface area contributed by atoms with Gasteiger partial charge in [0.25, 0.3) is 0 Å². The number of hydrogen-bond acceptors (Lipinski definition) is 4. The molecule has 1 aliphatic heterocycles. The zero-order chi connectivity index (χ0) is 21.3. The van der Waals surface area contributed by atoms with E-state index < -0.39 is 5.60 Å². The topological polar surface area (TPSA) is 53.0 Å². The first-order chi connectivity index (χ1) is 14.4. The lowest BCUT2D eigenvalue weighted by Crippen LogP contribution is -2.51. The van der Waals surface area contributed by atoms with Crippen LogP contribution in [0.15, 0.2) is 48.5 Å². The van der Waals surface area contributed by atoms with Crippen molar-refractivity contribution in [3.63, 3.8) is 0 Å². The average molecular weight is 407 g/mol. The molecule has 4 rings (SSSR count). The molecular weight excluding hydrogens is 376 g/mol. The van der Waals surface area contributed by atoms with Gasteiger partial charge in [-0.25, -0.2) is 4.79 Å². The fraction of sp³-hybridized carbons (Fsp3) is 0.400. The van der Waals surface area contributed by atoms with Gasteiger partial charge in [-0.15, -0.1) is 0 Å². The summed E-state index contributed by atoms with van der Waals surface area (Å²) in [5, 5.41) is 10.0. The van der Waals surface area contributed by atoms with Gasteiger partial charge in [0.15, 0.2) is 0 Å². The quantitative estimate of drug-likeness (QED) is 0.813. The van der Waals surface area contributed by atoms with Gasteiger partial charge < -0.3 is 14.7 Å². The predicted octanol–water partition coefficient (Wildman–Crippen LogP) is 4.18. The molecule has 30 heavy (non-hydrogen) atoms. The highest BCUT2D eigenvalue weighted by molar-refractivity contribution is 5.86. The van der Waals surface area contributed by atoms with Crippen LogP contribution in [-0.4, -0.2) is 59.4 Å². The molecule has 0 spiro atoms. The summed E-state index contributed by atoms with van der Waals surface area (Å²) in [5.74, 6) is 0. The van der Waals surface area contributed by atoms with E-state index in [4.69, 9.17) is 4.74 Å². The smallest absolute Gasteiger partial charge is 0.410 e. The summed E-state index contributed by atoms with van der Waals surface area (Å²) >= 11 is 0. The third-order valence-corrected chi connectivity index (χ3v) is 5.72. The molecule has 1 aliphatic carbocycles. The van der Waals surface area contributed by atoms with Crippen LogP contribution in [0.2, 0.25) is 0 Å². The van der Waals surface area contributed by atoms with Crippen molar-refractivity contribution < 1.29 is 14.6 Å². The van der Waals surface area contributed by atoms with Crippen molar-refractivity contribution in [1.29, 1.82) is 0 Å². The maximum absolute atomic E-state index is 12.5. The Bertz CT molecular complexity index is 953. The molecular formula is C25H30N2O3. The highest BCUT2D eigenvalue weighted by Crippen LogP contribution is 2.40. The fourth-order valence-corrected chi connectivity index (χ4v) is 4.37. The van der Waals surface area contributed by atoms with Gasteiger partial charge in [-0.2, -0.15) is 0 Å². The summed E-state index contributed by atoms with van der Waals surface area (Å²) in [7, 11) is 0. The van der Waals surface area contributed by atoms with Crippen LogP contribution < -0.4 is 0 Å². The second-order valence-electron chi connectivity index (χ2n) is 8.95. The normalized spacial score (nSPS) is 19.4. The van der Waals surface area contributed by atoms with Crippen molar-refractivity contribution in [1.82, 2.24) is 9.80 Å². The molecule has 5 heteroatoms. The van der Waals surface area contributed by atoms with Gasteiger partial charge in [-0.1, -0.05) is 48.5 Å². The minimum atomic E-state index is -0.486. The number of aliphatic hydroxyl groups is 1. The Balaban J connectivity index is 1.64. The molecule has 1 atom stereocenters. The molecule has 2 aromatic carbocycles. The molecule has 1 N–H and O–H groups in total. The van der Waals surface area contributed by atoms with Crippen molar-refractivity contribution in [3.8, 4) is 0 Å². The van der Waals surface area contributed by atoms with Crippen molar-refractivity contribution in [2.45, 2.75) is 32.4 Å². The summed E-state index contributed by atoms with van der Waals surface area (Å²) in [5.41, 5.74) is 5.12. The maximum atomic E-state index is 12.5. The van der Waals surface area contributed by atoms with E-state index in [0.717, 1.165) is 29.8 Å². The van der Waals surface area contributed by atoms with E-state index in [0.29, 0.717) is 13.1 Å². The summed E-state index contributed by atoms with van der Waals surface area (Å²) < 4.78 is 5.55. The molecule has 1 saturated heterocycles. The number of carbonyl (C=O) groups is 1. The van der Waals surface area contributed by atoms with Gasteiger partial charge in [-0.3, -0.25) is 4.90 Å². The van der Waals surface area contributed by atoms with Gasteiger partial charge in [0.1, 0.15) is 5.60 Å². The van der Waals surface area contributed by atoms with Crippen molar-refractivity contribution >= 4 is 17.7 Å². The van der Waals surface area contributed by atoms with Crippen LogP contribution in [0.5, 0.6) is 0 Å². The van der Waals surface area contributed by atoms with Crippen LogP contribution in [-0.2, 0) is 4.74 Å². The molecule has 0 aromatic heterocycles. The predicted molar refractivity (Wildman–Crippen MR) is 119 cm³/mol. The van der Waals surface area contributed by atoms with E-state index in [1.807, 2.05) is 32.9 Å². The molecule has 2 aliphatic rings. The van der Waals surface area contributed by atoms with Gasteiger partial charge >= 0.3 is 6.09 Å². The number of aliphatic hydroxyl groups excluding tert-OH is 1. The SMILES string of the molecule is CC(C)(C)OC(=O)N1CCN(C2c3ccccc3C=C(CO)c3ccccc32)CC1. The molecule has 158 valence electrons. The highest BCUT2D eigenvalue weighted by atomic mass is 16.6. The van der Waals surface area contributed by atoms with Crippen LogP contribution in [0.3, 0.4) is 0 Å². The number of fused-ring (bicyclic) bond motifs is 2. The third-order valence-electron chi connectivity index (χ3n) is 5.72. The van der Waals surface area contributed by atoms with Crippen LogP contribution in [0.4, 0.5) is 4.79 Å². The second-order valence-corrected chi connectivity index (χ2v) is 8.95. The Morgan fingerprint density at radius 1 is 1.00 bits per heavy atom. The van der Waals surface area contributed by atoms with Gasteiger partial charge in [0, 0.05) is 26.2 Å². The molecule has 1 fully saturated rings. The van der Waals surface area contributed by atoms with Crippen LogP contribution in [0.25, 0.3) is 11.6 Å². The minimum absolute atomic E-state index is 0.00445. The third kappa shape index (κ3) is 4.13. The first-order valence-corrected chi connectivity index (χ1v) is 10.6. The molecule has 0 bridgehead atoms. The second kappa shape index (κ2) is 8.25. The minimum Gasteiger partial charge on any atom is -0.444 e. The largest absolute Gasteiger partial charge is 0.444 e. The Morgan fingerprint density at radius 2 is 1.63 bits per heavy atom. The lowest BCUT2D eigenvalue weighted by Gasteiger charge is -2.40.